The molecule has 0 radical (unpaired) electrons. The third-order valence-corrected chi connectivity index (χ3v) is 3.81. The Morgan fingerprint density at radius 3 is 2.65 bits per heavy atom. The molecule has 0 spiro atoms. The standard InChI is InChI=1S/C16H15BrClNO/c1-10-7-8-12(18)9-14(10)16(20)19-15-6-4-3-5-13(15)11(2)17/h3-9,11H,1-2H3,(H,19,20). The normalized spacial score (nSPS) is 12.0. The van der Waals surface area contributed by atoms with Gasteiger partial charge in [0.05, 0.1) is 0 Å². The number of rotatable bonds is 3. The summed E-state index contributed by atoms with van der Waals surface area (Å²) in [6.07, 6.45) is 0. The van der Waals surface area contributed by atoms with Crippen molar-refractivity contribution in [3.8, 4) is 0 Å². The monoisotopic (exact) mass is 351 g/mol. The minimum atomic E-state index is -0.148. The topological polar surface area (TPSA) is 29.1 Å². The van der Waals surface area contributed by atoms with E-state index in [0.717, 1.165) is 16.8 Å². The van der Waals surface area contributed by atoms with Crippen LogP contribution in [0.25, 0.3) is 0 Å². The number of carbonyl (C=O) groups is 1. The van der Waals surface area contributed by atoms with Gasteiger partial charge in [0.2, 0.25) is 0 Å². The molecule has 104 valence electrons. The summed E-state index contributed by atoms with van der Waals surface area (Å²) in [7, 11) is 0. The molecule has 1 amide bonds. The lowest BCUT2D eigenvalue weighted by molar-refractivity contribution is 0.102. The van der Waals surface area contributed by atoms with Crippen LogP contribution >= 0.6 is 27.5 Å². The van der Waals surface area contributed by atoms with Crippen molar-refractivity contribution in [2.24, 2.45) is 0 Å². The van der Waals surface area contributed by atoms with Crippen LogP contribution in [0.3, 0.4) is 0 Å². The smallest absolute Gasteiger partial charge is 0.255 e. The number of aryl methyl sites for hydroxylation is 1. The number of hydrogen-bond donors (Lipinski definition) is 1. The lowest BCUT2D eigenvalue weighted by Crippen LogP contribution is -2.14. The second kappa shape index (κ2) is 6.42. The van der Waals surface area contributed by atoms with Gasteiger partial charge in [0.15, 0.2) is 0 Å². The maximum Gasteiger partial charge on any atom is 0.255 e. The van der Waals surface area contributed by atoms with Crippen LogP contribution in [-0.4, -0.2) is 5.91 Å². The van der Waals surface area contributed by atoms with Crippen LogP contribution in [0.5, 0.6) is 0 Å². The lowest BCUT2D eigenvalue weighted by Gasteiger charge is -2.13. The summed E-state index contributed by atoms with van der Waals surface area (Å²) in [6.45, 7) is 3.92. The highest BCUT2D eigenvalue weighted by molar-refractivity contribution is 9.09. The molecule has 2 aromatic rings. The third-order valence-electron chi connectivity index (χ3n) is 3.08. The first-order valence-electron chi connectivity index (χ1n) is 6.29. The van der Waals surface area contributed by atoms with Crippen LogP contribution in [0, 0.1) is 6.92 Å². The zero-order valence-electron chi connectivity index (χ0n) is 11.3. The fourth-order valence-corrected chi connectivity index (χ4v) is 2.56. The van der Waals surface area contributed by atoms with E-state index in [-0.39, 0.29) is 10.7 Å². The quantitative estimate of drug-likeness (QED) is 0.741. The summed E-state index contributed by atoms with van der Waals surface area (Å²) in [4.78, 5) is 12.5. The number of carbonyl (C=O) groups excluding carboxylic acids is 1. The van der Waals surface area contributed by atoms with Gasteiger partial charge in [-0.25, -0.2) is 0 Å². The molecule has 2 rings (SSSR count). The van der Waals surface area contributed by atoms with Gasteiger partial charge in [0.1, 0.15) is 0 Å². The van der Waals surface area contributed by atoms with Crippen LogP contribution < -0.4 is 5.32 Å². The van der Waals surface area contributed by atoms with E-state index in [1.54, 1.807) is 12.1 Å². The third kappa shape index (κ3) is 3.41. The second-order valence-electron chi connectivity index (χ2n) is 4.62. The van der Waals surface area contributed by atoms with Crippen LogP contribution in [0.15, 0.2) is 42.5 Å². The fraction of sp³-hybridized carbons (Fsp3) is 0.188. The molecule has 0 saturated carbocycles. The zero-order valence-corrected chi connectivity index (χ0v) is 13.6. The largest absolute Gasteiger partial charge is 0.322 e. The van der Waals surface area contributed by atoms with E-state index < -0.39 is 0 Å². The summed E-state index contributed by atoms with van der Waals surface area (Å²) in [6, 6.07) is 13.0. The number of nitrogens with one attached hydrogen (secondary N) is 1. The van der Waals surface area contributed by atoms with Crippen molar-refractivity contribution >= 4 is 39.1 Å². The molecule has 0 aliphatic carbocycles. The molecule has 0 saturated heterocycles. The van der Waals surface area contributed by atoms with Crippen LogP contribution in [0.1, 0.15) is 33.2 Å². The molecule has 4 heteroatoms. The highest BCUT2D eigenvalue weighted by Gasteiger charge is 2.13. The maximum absolute atomic E-state index is 12.4. The van der Waals surface area contributed by atoms with Crippen molar-refractivity contribution in [3.63, 3.8) is 0 Å². The van der Waals surface area contributed by atoms with Crippen molar-refractivity contribution in [2.45, 2.75) is 18.7 Å². The SMILES string of the molecule is Cc1ccc(Cl)cc1C(=O)Nc1ccccc1C(C)Br. The number of para-hydroxylation sites is 1. The van der Waals surface area contributed by atoms with Gasteiger partial charge in [-0.15, -0.1) is 0 Å². The summed E-state index contributed by atoms with van der Waals surface area (Å²) < 4.78 is 0. The molecule has 2 nitrogen and oxygen atoms in total. The number of alkyl halides is 1. The minimum Gasteiger partial charge on any atom is -0.322 e. The number of hydrogen-bond acceptors (Lipinski definition) is 1. The van der Waals surface area contributed by atoms with Crippen molar-refractivity contribution in [1.29, 1.82) is 0 Å². The molecule has 2 aromatic carbocycles. The first-order valence-corrected chi connectivity index (χ1v) is 7.59. The Balaban J connectivity index is 2.31. The fourth-order valence-electron chi connectivity index (χ4n) is 1.99. The molecule has 0 aromatic heterocycles. The second-order valence-corrected chi connectivity index (χ2v) is 6.43. The Kier molecular flexibility index (Phi) is 4.84. The molecule has 1 atom stereocenters. The Labute approximate surface area is 132 Å². The molecule has 0 bridgehead atoms. The van der Waals surface area contributed by atoms with Crippen LogP contribution in [0.2, 0.25) is 5.02 Å². The van der Waals surface area contributed by atoms with E-state index >= 15 is 0 Å². The average Bonchev–Trinajstić information content (AvgIpc) is 2.41. The molecule has 1 N–H and O–H groups in total. The van der Waals surface area contributed by atoms with Gasteiger partial charge in [0, 0.05) is 21.1 Å². The predicted molar refractivity (Wildman–Crippen MR) is 87.9 cm³/mol. The molecule has 0 aliphatic rings. The van der Waals surface area contributed by atoms with Crippen LogP contribution in [-0.2, 0) is 0 Å². The molecule has 0 aliphatic heterocycles. The van der Waals surface area contributed by atoms with Gasteiger partial charge in [-0.05, 0) is 43.2 Å². The predicted octanol–water partition coefficient (Wildman–Crippen LogP) is 5.36. The van der Waals surface area contributed by atoms with Gasteiger partial charge >= 0.3 is 0 Å². The highest BCUT2D eigenvalue weighted by atomic mass is 79.9. The Bertz CT molecular complexity index is 640. The van der Waals surface area contributed by atoms with Crippen molar-refractivity contribution in [3.05, 3.63) is 64.2 Å². The number of benzene rings is 2. The van der Waals surface area contributed by atoms with Gasteiger partial charge < -0.3 is 5.32 Å². The van der Waals surface area contributed by atoms with Crippen molar-refractivity contribution in [1.82, 2.24) is 0 Å². The molecule has 1 unspecified atom stereocenters. The molecule has 0 fully saturated rings. The van der Waals surface area contributed by atoms with Gasteiger partial charge in [-0.3, -0.25) is 4.79 Å². The summed E-state index contributed by atoms with van der Waals surface area (Å²) >= 11 is 9.49. The molecule has 20 heavy (non-hydrogen) atoms. The molecular weight excluding hydrogens is 338 g/mol. The number of halogens is 2. The molecular formula is C16H15BrClNO. The maximum atomic E-state index is 12.4. The lowest BCUT2D eigenvalue weighted by atomic mass is 10.1. The summed E-state index contributed by atoms with van der Waals surface area (Å²) in [5.41, 5.74) is 3.34. The Hall–Kier alpha value is -1.32. The Morgan fingerprint density at radius 2 is 1.95 bits per heavy atom. The van der Waals surface area contributed by atoms with Crippen molar-refractivity contribution < 1.29 is 4.79 Å². The zero-order chi connectivity index (χ0) is 14.7. The van der Waals surface area contributed by atoms with E-state index in [2.05, 4.69) is 21.2 Å². The Morgan fingerprint density at radius 1 is 1.25 bits per heavy atom. The molecule has 0 heterocycles. The summed E-state index contributed by atoms with van der Waals surface area (Å²) in [5, 5.41) is 3.51. The van der Waals surface area contributed by atoms with E-state index in [9.17, 15) is 4.79 Å². The number of amides is 1. The average molecular weight is 353 g/mol. The minimum absolute atomic E-state index is 0.148. The highest BCUT2D eigenvalue weighted by Crippen LogP contribution is 2.29. The van der Waals surface area contributed by atoms with Crippen LogP contribution in [0.4, 0.5) is 5.69 Å². The van der Waals surface area contributed by atoms with Gasteiger partial charge in [0.25, 0.3) is 5.91 Å². The first-order chi connectivity index (χ1) is 9.49. The summed E-state index contributed by atoms with van der Waals surface area (Å²) in [5.74, 6) is -0.148. The van der Waals surface area contributed by atoms with E-state index in [1.807, 2.05) is 44.2 Å². The van der Waals surface area contributed by atoms with Gasteiger partial charge in [-0.2, -0.15) is 0 Å². The number of anilines is 1. The van der Waals surface area contributed by atoms with E-state index in [0.29, 0.717) is 10.6 Å². The van der Waals surface area contributed by atoms with Crippen molar-refractivity contribution in [2.75, 3.05) is 5.32 Å². The first kappa shape index (κ1) is 15.1. The van der Waals surface area contributed by atoms with E-state index in [4.69, 9.17) is 11.6 Å². The van der Waals surface area contributed by atoms with Gasteiger partial charge in [-0.1, -0.05) is 51.8 Å². The van der Waals surface area contributed by atoms with E-state index in [1.165, 1.54) is 0 Å².